The van der Waals surface area contributed by atoms with Crippen LogP contribution in [0.25, 0.3) is 11.0 Å². The monoisotopic (exact) mass is 471 g/mol. The van der Waals surface area contributed by atoms with Crippen LogP contribution in [0.2, 0.25) is 0 Å². The molecule has 1 aromatic carbocycles. The van der Waals surface area contributed by atoms with Crippen LogP contribution in [0.15, 0.2) is 29.8 Å². The molecular formula is C25H33N3O6. The molecule has 1 amide bonds. The maximum Gasteiger partial charge on any atom is 0.337 e. The molecule has 1 aliphatic carbocycles. The third kappa shape index (κ3) is 6.44. The van der Waals surface area contributed by atoms with Crippen molar-refractivity contribution in [1.82, 2.24) is 15.3 Å². The van der Waals surface area contributed by atoms with Gasteiger partial charge in [0.15, 0.2) is 0 Å². The molecule has 34 heavy (non-hydrogen) atoms. The minimum atomic E-state index is -1.10. The standard InChI is InChI=1S/C25H33N3O6/c1-14(2)19-8-17(15(3)7-18(19)11-26-23(29)12-34-13-24(30)31)10-22-27-20-6-5-16(25(32)33-4)9-21(20)28-22/h5-7,9,14,17-19H,8,10-13H2,1-4H3,(H,26,29)(H,27,28)(H,30,31)/t17-,18-,19-/m0/s1. The van der Waals surface area contributed by atoms with Crippen LogP contribution in [-0.4, -0.2) is 59.8 Å². The summed E-state index contributed by atoms with van der Waals surface area (Å²) in [5, 5.41) is 11.5. The van der Waals surface area contributed by atoms with E-state index in [2.05, 4.69) is 37.1 Å². The van der Waals surface area contributed by atoms with Gasteiger partial charge < -0.3 is 24.9 Å². The average molecular weight is 472 g/mol. The summed E-state index contributed by atoms with van der Waals surface area (Å²) in [6.45, 7) is 6.23. The summed E-state index contributed by atoms with van der Waals surface area (Å²) in [4.78, 5) is 42.4. The molecule has 0 fully saturated rings. The number of aromatic nitrogens is 2. The van der Waals surface area contributed by atoms with Crippen LogP contribution in [-0.2, 0) is 25.5 Å². The second kappa shape index (κ2) is 11.3. The first-order chi connectivity index (χ1) is 16.2. The van der Waals surface area contributed by atoms with Crippen LogP contribution < -0.4 is 5.32 Å². The highest BCUT2D eigenvalue weighted by Gasteiger charge is 2.32. The SMILES string of the molecule is COC(=O)c1ccc2nc(C[C@@H]3C[C@@H](C(C)C)[C@H](CNC(=O)COCC(=O)O)C=C3C)[nH]c2c1. The fourth-order valence-corrected chi connectivity index (χ4v) is 4.66. The largest absolute Gasteiger partial charge is 0.480 e. The van der Waals surface area contributed by atoms with E-state index in [9.17, 15) is 14.4 Å². The number of aliphatic carboxylic acids is 1. The molecule has 1 heterocycles. The minimum Gasteiger partial charge on any atom is -0.480 e. The Morgan fingerprint density at radius 3 is 2.71 bits per heavy atom. The van der Waals surface area contributed by atoms with Gasteiger partial charge in [-0.3, -0.25) is 4.79 Å². The number of ether oxygens (including phenoxy) is 2. The van der Waals surface area contributed by atoms with Crippen LogP contribution in [0, 0.1) is 23.7 Å². The summed E-state index contributed by atoms with van der Waals surface area (Å²) in [5.41, 5.74) is 3.36. The Bertz CT molecular complexity index is 1070. The quantitative estimate of drug-likeness (QED) is 0.359. The molecule has 3 rings (SSSR count). The fraction of sp³-hybridized carbons (Fsp3) is 0.520. The highest BCUT2D eigenvalue weighted by atomic mass is 16.5. The predicted molar refractivity (Wildman–Crippen MR) is 126 cm³/mol. The summed E-state index contributed by atoms with van der Waals surface area (Å²) in [5.74, 6) is 0.398. The van der Waals surface area contributed by atoms with Crippen molar-refractivity contribution in [2.24, 2.45) is 23.7 Å². The number of hydrogen-bond acceptors (Lipinski definition) is 6. The molecule has 3 N–H and O–H groups in total. The first kappa shape index (κ1) is 25.4. The molecule has 9 heteroatoms. The Balaban J connectivity index is 1.66. The van der Waals surface area contributed by atoms with Crippen LogP contribution in [0.4, 0.5) is 0 Å². The van der Waals surface area contributed by atoms with Crippen LogP contribution >= 0.6 is 0 Å². The maximum absolute atomic E-state index is 12.0. The van der Waals surface area contributed by atoms with Crippen molar-refractivity contribution in [1.29, 1.82) is 0 Å². The molecule has 184 valence electrons. The minimum absolute atomic E-state index is 0.193. The zero-order chi connectivity index (χ0) is 24.8. The van der Waals surface area contributed by atoms with Crippen molar-refractivity contribution < 1.29 is 29.0 Å². The zero-order valence-electron chi connectivity index (χ0n) is 20.1. The van der Waals surface area contributed by atoms with Gasteiger partial charge in [0, 0.05) is 13.0 Å². The Hall–Kier alpha value is -3.20. The highest BCUT2D eigenvalue weighted by Crippen LogP contribution is 2.38. The maximum atomic E-state index is 12.0. The topological polar surface area (TPSA) is 131 Å². The van der Waals surface area contributed by atoms with Gasteiger partial charge in [0.1, 0.15) is 19.0 Å². The Morgan fingerprint density at radius 2 is 2.03 bits per heavy atom. The summed E-state index contributed by atoms with van der Waals surface area (Å²) >= 11 is 0. The third-order valence-electron chi connectivity index (χ3n) is 6.47. The summed E-state index contributed by atoms with van der Waals surface area (Å²) in [7, 11) is 1.36. The molecule has 0 saturated carbocycles. The van der Waals surface area contributed by atoms with Gasteiger partial charge in [0.05, 0.1) is 23.7 Å². The molecule has 0 spiro atoms. The molecule has 0 radical (unpaired) electrons. The molecule has 1 aromatic heterocycles. The highest BCUT2D eigenvalue weighted by molar-refractivity contribution is 5.93. The fourth-order valence-electron chi connectivity index (χ4n) is 4.66. The molecule has 0 saturated heterocycles. The van der Waals surface area contributed by atoms with E-state index >= 15 is 0 Å². The van der Waals surface area contributed by atoms with Crippen molar-refractivity contribution in [3.05, 3.63) is 41.2 Å². The van der Waals surface area contributed by atoms with E-state index in [1.54, 1.807) is 12.1 Å². The van der Waals surface area contributed by atoms with Crippen LogP contribution in [0.3, 0.4) is 0 Å². The lowest BCUT2D eigenvalue weighted by atomic mass is 9.70. The predicted octanol–water partition coefficient (Wildman–Crippen LogP) is 2.96. The van der Waals surface area contributed by atoms with Gasteiger partial charge in [-0.25, -0.2) is 14.6 Å². The number of aromatic amines is 1. The van der Waals surface area contributed by atoms with E-state index in [0.29, 0.717) is 29.9 Å². The number of nitrogens with zero attached hydrogens (tertiary/aromatic N) is 1. The first-order valence-corrected chi connectivity index (χ1v) is 11.5. The normalized spacial score (nSPS) is 20.3. The molecule has 0 unspecified atom stereocenters. The number of benzene rings is 1. The lowest BCUT2D eigenvalue weighted by molar-refractivity contribution is -0.143. The molecule has 1 aliphatic rings. The van der Waals surface area contributed by atoms with Crippen molar-refractivity contribution in [2.45, 2.75) is 33.6 Å². The van der Waals surface area contributed by atoms with Crippen molar-refractivity contribution in [2.75, 3.05) is 26.9 Å². The van der Waals surface area contributed by atoms with Gasteiger partial charge in [0.2, 0.25) is 5.91 Å². The van der Waals surface area contributed by atoms with Gasteiger partial charge in [-0.1, -0.05) is 25.5 Å². The van der Waals surface area contributed by atoms with Gasteiger partial charge in [0.25, 0.3) is 0 Å². The van der Waals surface area contributed by atoms with Gasteiger partial charge in [-0.2, -0.15) is 0 Å². The summed E-state index contributed by atoms with van der Waals surface area (Å²) in [6, 6.07) is 5.29. The van der Waals surface area contributed by atoms with Crippen LogP contribution in [0.5, 0.6) is 0 Å². The number of amides is 1. The number of allylic oxidation sites excluding steroid dienone is 1. The molecule has 0 aliphatic heterocycles. The number of H-pyrrole nitrogens is 1. The summed E-state index contributed by atoms with van der Waals surface area (Å²) in [6.07, 6.45) is 3.98. The Morgan fingerprint density at radius 1 is 1.26 bits per heavy atom. The number of carbonyl (C=O) groups is 3. The number of esters is 1. The van der Waals surface area contributed by atoms with E-state index in [1.807, 2.05) is 6.07 Å². The average Bonchev–Trinajstić information content (AvgIpc) is 3.19. The lowest BCUT2D eigenvalue weighted by Gasteiger charge is -2.37. The number of hydrogen-bond donors (Lipinski definition) is 3. The van der Waals surface area contributed by atoms with Crippen molar-refractivity contribution in [3.63, 3.8) is 0 Å². The molecule has 3 atom stereocenters. The van der Waals surface area contributed by atoms with Crippen molar-refractivity contribution in [3.8, 4) is 0 Å². The molecular weight excluding hydrogens is 438 g/mol. The number of imidazole rings is 1. The number of nitrogens with one attached hydrogen (secondary N) is 2. The third-order valence-corrected chi connectivity index (χ3v) is 6.47. The molecule has 2 aromatic rings. The Labute approximate surface area is 198 Å². The molecule has 9 nitrogen and oxygen atoms in total. The van der Waals surface area contributed by atoms with Gasteiger partial charge in [-0.05, 0) is 55.2 Å². The van der Waals surface area contributed by atoms with Gasteiger partial charge >= 0.3 is 11.9 Å². The van der Waals surface area contributed by atoms with Crippen LogP contribution in [0.1, 0.15) is 43.4 Å². The second-order valence-electron chi connectivity index (χ2n) is 9.22. The summed E-state index contributed by atoms with van der Waals surface area (Å²) < 4.78 is 9.66. The van der Waals surface area contributed by atoms with Gasteiger partial charge in [-0.15, -0.1) is 0 Å². The van der Waals surface area contributed by atoms with E-state index in [0.717, 1.165) is 29.7 Å². The van der Waals surface area contributed by atoms with E-state index in [-0.39, 0.29) is 24.4 Å². The second-order valence-corrected chi connectivity index (χ2v) is 9.22. The smallest absolute Gasteiger partial charge is 0.337 e. The number of carboxylic acid groups (broad SMARTS) is 1. The Kier molecular flexibility index (Phi) is 8.44. The number of carboxylic acids is 1. The molecule has 0 bridgehead atoms. The van der Waals surface area contributed by atoms with E-state index in [1.165, 1.54) is 12.7 Å². The number of carbonyl (C=O) groups excluding carboxylic acids is 2. The first-order valence-electron chi connectivity index (χ1n) is 11.5. The lowest BCUT2D eigenvalue weighted by Crippen LogP contribution is -2.38. The van der Waals surface area contributed by atoms with E-state index < -0.39 is 12.6 Å². The number of fused-ring (bicyclic) bond motifs is 1. The van der Waals surface area contributed by atoms with Crippen molar-refractivity contribution >= 4 is 28.9 Å². The van der Waals surface area contributed by atoms with E-state index in [4.69, 9.17) is 19.6 Å². The zero-order valence-corrected chi connectivity index (χ0v) is 20.1. The number of rotatable bonds is 10. The number of methoxy groups -OCH3 is 1.